The molecule has 0 radical (unpaired) electrons. The van der Waals surface area contributed by atoms with Crippen molar-refractivity contribution >= 4 is 58.1 Å². The monoisotopic (exact) mass is 371 g/mol. The van der Waals surface area contributed by atoms with E-state index >= 15 is 0 Å². The molecule has 0 spiro atoms. The highest BCUT2D eigenvalue weighted by Crippen LogP contribution is 2.53. The summed E-state index contributed by atoms with van der Waals surface area (Å²) in [5.74, 6) is -1.86. The summed E-state index contributed by atoms with van der Waals surface area (Å²) in [6, 6.07) is 2.85. The molecule has 0 aromatic heterocycles. The number of benzene rings is 1. The maximum absolute atomic E-state index is 12.9. The van der Waals surface area contributed by atoms with Gasteiger partial charge >= 0.3 is 0 Å². The van der Waals surface area contributed by atoms with Crippen LogP contribution in [0, 0.1) is 23.7 Å². The molecular weight excluding hydrogens is 361 g/mol. The number of carbonyl (C=O) groups is 3. The number of halogens is 3. The molecule has 1 aliphatic heterocycles. The largest absolute Gasteiger partial charge is 0.299 e. The van der Waals surface area contributed by atoms with Crippen LogP contribution in [0.5, 0.6) is 0 Å². The van der Waals surface area contributed by atoms with E-state index in [0.717, 1.165) is 11.3 Å². The Morgan fingerprint density at radius 1 is 0.870 bits per heavy atom. The molecule has 5 rings (SSSR count). The summed E-state index contributed by atoms with van der Waals surface area (Å²) >= 11 is 18.1. The van der Waals surface area contributed by atoms with Gasteiger partial charge in [-0.15, -0.1) is 0 Å². The molecule has 0 unspecified atom stereocenters. The molecule has 1 aromatic carbocycles. The molecule has 120 valence electrons. The fraction of sp³-hybridized carbons (Fsp3) is 0.438. The van der Waals surface area contributed by atoms with Crippen molar-refractivity contribution in [3.63, 3.8) is 0 Å². The summed E-state index contributed by atoms with van der Waals surface area (Å²) in [5, 5.41) is 0.672. The minimum atomic E-state index is -0.548. The first-order valence-electron chi connectivity index (χ1n) is 7.45. The Bertz CT molecular complexity index is 763. The van der Waals surface area contributed by atoms with Crippen LogP contribution in [0.3, 0.4) is 0 Å². The minimum Gasteiger partial charge on any atom is -0.299 e. The molecule has 0 N–H and O–H groups in total. The second-order valence-corrected chi connectivity index (χ2v) is 7.62. The van der Waals surface area contributed by atoms with E-state index in [2.05, 4.69) is 0 Å². The number of hydrogen-bond acceptors (Lipinski definition) is 3. The van der Waals surface area contributed by atoms with Crippen molar-refractivity contribution in [2.75, 3.05) is 4.90 Å². The zero-order valence-corrected chi connectivity index (χ0v) is 14.2. The smallest absolute Gasteiger partial charge is 0.238 e. The summed E-state index contributed by atoms with van der Waals surface area (Å²) in [7, 11) is 0. The van der Waals surface area contributed by atoms with Crippen molar-refractivity contribution in [2.45, 2.75) is 19.3 Å². The Labute approximate surface area is 147 Å². The van der Waals surface area contributed by atoms with Crippen LogP contribution < -0.4 is 4.90 Å². The normalized spacial score (nSPS) is 32.7. The third kappa shape index (κ3) is 2.08. The van der Waals surface area contributed by atoms with E-state index in [0.29, 0.717) is 12.8 Å². The summed E-state index contributed by atoms with van der Waals surface area (Å²) in [6.45, 7) is 0. The predicted molar refractivity (Wildman–Crippen MR) is 86.8 cm³/mol. The van der Waals surface area contributed by atoms with Crippen LogP contribution in [0.15, 0.2) is 12.1 Å². The first-order valence-corrected chi connectivity index (χ1v) is 8.58. The van der Waals surface area contributed by atoms with Gasteiger partial charge < -0.3 is 0 Å². The fourth-order valence-corrected chi connectivity index (χ4v) is 4.93. The molecule has 4 nitrogen and oxygen atoms in total. The van der Waals surface area contributed by atoms with Crippen molar-refractivity contribution in [2.24, 2.45) is 23.7 Å². The van der Waals surface area contributed by atoms with Crippen LogP contribution in [0.4, 0.5) is 5.69 Å². The lowest BCUT2D eigenvalue weighted by Crippen LogP contribution is -2.46. The number of ketones is 1. The number of Topliss-reactive ketones (excluding diaryl/α,β-unsaturated/α-hetero) is 1. The number of carbonyl (C=O) groups excluding carboxylic acids is 3. The fourth-order valence-electron chi connectivity index (χ4n) is 4.30. The van der Waals surface area contributed by atoms with Crippen LogP contribution in [-0.2, 0) is 14.4 Å². The molecule has 4 aliphatic rings. The third-order valence-corrected chi connectivity index (χ3v) is 6.32. The summed E-state index contributed by atoms with van der Waals surface area (Å²) in [4.78, 5) is 38.9. The van der Waals surface area contributed by atoms with Crippen molar-refractivity contribution in [1.82, 2.24) is 0 Å². The van der Waals surface area contributed by atoms with Crippen LogP contribution >= 0.6 is 34.8 Å². The van der Waals surface area contributed by atoms with Gasteiger partial charge in [0.05, 0.1) is 32.6 Å². The molecule has 2 bridgehead atoms. The Hall–Kier alpha value is -1.10. The lowest BCUT2D eigenvalue weighted by atomic mass is 9.59. The van der Waals surface area contributed by atoms with Crippen LogP contribution in [0.1, 0.15) is 19.3 Å². The number of imide groups is 1. The van der Waals surface area contributed by atoms with Gasteiger partial charge in [-0.1, -0.05) is 34.8 Å². The zero-order valence-electron chi connectivity index (χ0n) is 11.9. The number of anilines is 1. The van der Waals surface area contributed by atoms with Gasteiger partial charge in [0.15, 0.2) is 0 Å². The van der Waals surface area contributed by atoms with Gasteiger partial charge in [-0.2, -0.15) is 0 Å². The third-order valence-electron chi connectivity index (χ3n) is 5.30. The molecule has 1 saturated heterocycles. The standard InChI is InChI=1S/C16H12Cl3NO3/c17-8-4-10(19)11(5-9(8)18)20-15(22)13-6-1-2-7(12(21)3-6)14(13)16(20)23/h4-7,13-14H,1-3H2/t6-,7+,13+,14-/m0/s1. The van der Waals surface area contributed by atoms with E-state index in [-0.39, 0.29) is 50.2 Å². The van der Waals surface area contributed by atoms with E-state index in [1.54, 1.807) is 0 Å². The first kappa shape index (κ1) is 15.4. The van der Waals surface area contributed by atoms with Gasteiger partial charge in [0.25, 0.3) is 0 Å². The van der Waals surface area contributed by atoms with E-state index in [4.69, 9.17) is 34.8 Å². The second-order valence-electron chi connectivity index (χ2n) is 6.40. The van der Waals surface area contributed by atoms with Gasteiger partial charge in [-0.25, -0.2) is 4.90 Å². The first-order chi connectivity index (χ1) is 10.9. The highest BCUT2D eigenvalue weighted by molar-refractivity contribution is 6.44. The topological polar surface area (TPSA) is 54.5 Å². The van der Waals surface area contributed by atoms with Gasteiger partial charge in [0.2, 0.25) is 11.8 Å². The van der Waals surface area contributed by atoms with E-state index in [1.807, 2.05) is 0 Å². The van der Waals surface area contributed by atoms with Gasteiger partial charge in [0.1, 0.15) is 5.78 Å². The average molecular weight is 373 g/mol. The number of amides is 2. The molecule has 23 heavy (non-hydrogen) atoms. The van der Waals surface area contributed by atoms with E-state index < -0.39 is 11.8 Å². The zero-order chi connectivity index (χ0) is 16.5. The van der Waals surface area contributed by atoms with Crippen LogP contribution in [0.25, 0.3) is 0 Å². The number of hydrogen-bond donors (Lipinski definition) is 0. The number of fused-ring (bicyclic) bond motifs is 2. The Balaban J connectivity index is 1.80. The highest BCUT2D eigenvalue weighted by Gasteiger charge is 2.61. The molecule has 2 amide bonds. The molecule has 4 atom stereocenters. The van der Waals surface area contributed by atoms with Crippen molar-refractivity contribution in [3.05, 3.63) is 27.2 Å². The number of rotatable bonds is 1. The average Bonchev–Trinajstić information content (AvgIpc) is 2.77. The summed E-state index contributed by atoms with van der Waals surface area (Å²) in [6.07, 6.45) is 1.90. The van der Waals surface area contributed by atoms with E-state index in [9.17, 15) is 14.4 Å². The lowest BCUT2D eigenvalue weighted by molar-refractivity contribution is -0.143. The molecular formula is C16H12Cl3NO3. The Kier molecular flexibility index (Phi) is 3.49. The molecule has 3 saturated carbocycles. The highest BCUT2D eigenvalue weighted by atomic mass is 35.5. The van der Waals surface area contributed by atoms with Crippen molar-refractivity contribution in [3.8, 4) is 0 Å². The Morgan fingerprint density at radius 2 is 1.52 bits per heavy atom. The van der Waals surface area contributed by atoms with Gasteiger partial charge in [0, 0.05) is 12.3 Å². The maximum Gasteiger partial charge on any atom is 0.238 e. The second kappa shape index (κ2) is 5.20. The van der Waals surface area contributed by atoms with Gasteiger partial charge in [-0.3, -0.25) is 14.4 Å². The van der Waals surface area contributed by atoms with Crippen molar-refractivity contribution in [1.29, 1.82) is 0 Å². The molecule has 1 heterocycles. The molecule has 4 fully saturated rings. The lowest BCUT2D eigenvalue weighted by Gasteiger charge is -2.41. The van der Waals surface area contributed by atoms with E-state index in [1.165, 1.54) is 12.1 Å². The minimum absolute atomic E-state index is 0.0412. The van der Waals surface area contributed by atoms with Crippen LogP contribution in [-0.4, -0.2) is 17.6 Å². The van der Waals surface area contributed by atoms with Crippen LogP contribution in [0.2, 0.25) is 15.1 Å². The molecule has 7 heteroatoms. The quantitative estimate of drug-likeness (QED) is 0.557. The SMILES string of the molecule is O=C1C[C@@H]2CC[C@H]1[C@@H]1C(=O)N(c3cc(Cl)c(Cl)cc3Cl)C(=O)[C@H]21. The summed E-state index contributed by atoms with van der Waals surface area (Å²) < 4.78 is 0. The molecule has 3 aliphatic carbocycles. The summed E-state index contributed by atoms with van der Waals surface area (Å²) in [5.41, 5.74) is 0.248. The predicted octanol–water partition coefficient (Wildman–Crippen LogP) is 3.75. The maximum atomic E-state index is 12.9. The Morgan fingerprint density at radius 3 is 2.22 bits per heavy atom. The number of nitrogens with zero attached hydrogens (tertiary/aromatic N) is 1. The van der Waals surface area contributed by atoms with Crippen molar-refractivity contribution < 1.29 is 14.4 Å². The van der Waals surface area contributed by atoms with Gasteiger partial charge in [-0.05, 0) is 30.9 Å². The molecule has 1 aromatic rings.